The average molecular weight is 525 g/mol. The quantitative estimate of drug-likeness (QED) is 0.484. The molecule has 1 fully saturated rings. The third-order valence-corrected chi connectivity index (χ3v) is 6.82. The fourth-order valence-corrected chi connectivity index (χ4v) is 4.57. The number of carbonyl (C=O) groups is 2. The van der Waals surface area contributed by atoms with Crippen LogP contribution in [0, 0.1) is 6.92 Å². The Morgan fingerprint density at radius 1 is 1.19 bits per heavy atom. The molecule has 3 N–H and O–H groups in total. The van der Waals surface area contributed by atoms with E-state index in [0.29, 0.717) is 36.9 Å². The third kappa shape index (κ3) is 5.42. The van der Waals surface area contributed by atoms with Crippen LogP contribution >= 0.6 is 11.3 Å². The number of carbonyl (C=O) groups excluding carboxylic acids is 2. The Hall–Kier alpha value is -3.68. The number of pyridine rings is 1. The highest BCUT2D eigenvalue weighted by molar-refractivity contribution is 7.15. The van der Waals surface area contributed by atoms with Crippen LogP contribution in [0.5, 0.6) is 11.1 Å². The molecule has 0 unspecified atom stereocenters. The van der Waals surface area contributed by atoms with Gasteiger partial charge < -0.3 is 20.5 Å². The van der Waals surface area contributed by atoms with Crippen molar-refractivity contribution in [2.45, 2.75) is 50.9 Å². The first kappa shape index (κ1) is 25.4. The molecule has 0 bridgehead atoms. The maximum atomic E-state index is 12.9. The molecule has 0 spiro atoms. The van der Waals surface area contributed by atoms with Crippen molar-refractivity contribution in [1.29, 1.82) is 0 Å². The normalized spacial score (nSPS) is 18.0. The lowest BCUT2D eigenvalue weighted by atomic mass is 9.92. The van der Waals surface area contributed by atoms with Gasteiger partial charge in [0.05, 0.1) is 30.1 Å². The molecule has 4 rings (SSSR count). The molecule has 0 radical (unpaired) electrons. The van der Waals surface area contributed by atoms with Crippen LogP contribution in [0.3, 0.4) is 0 Å². The Morgan fingerprint density at radius 2 is 1.92 bits per heavy atom. The molecule has 1 aliphatic rings. The molecule has 0 aliphatic heterocycles. The molecule has 14 heteroatoms. The van der Waals surface area contributed by atoms with Gasteiger partial charge in [0.15, 0.2) is 10.7 Å². The topological polar surface area (TPSA) is 134 Å². The van der Waals surface area contributed by atoms with Crippen LogP contribution in [0.25, 0.3) is 5.82 Å². The minimum Gasteiger partial charge on any atom is -0.473 e. The van der Waals surface area contributed by atoms with Crippen LogP contribution in [0.4, 0.5) is 13.2 Å². The first-order chi connectivity index (χ1) is 17.1. The summed E-state index contributed by atoms with van der Waals surface area (Å²) in [7, 11) is 1.44. The van der Waals surface area contributed by atoms with Gasteiger partial charge in [-0.25, -0.2) is 9.67 Å². The number of methoxy groups -OCH3 is 1. The van der Waals surface area contributed by atoms with Gasteiger partial charge in [-0.3, -0.25) is 9.59 Å². The Bertz CT molecular complexity index is 1250. The highest BCUT2D eigenvalue weighted by Crippen LogP contribution is 2.33. The standard InChI is InChI=1S/C22H23F3N6O4S/c1-11-15(10-28-31(11)16-8-3-12(9-27-16)22(23,24)25)19(33)29-13-4-6-14(7-5-13)35-20-17(18(26)32)36-21(30-20)34-2/h3,8-10,13-14H,4-7H2,1-2H3,(H2,26,32)(H,29,33). The molecule has 3 aromatic rings. The SMILES string of the molecule is COc1nc(OC2CCC(NC(=O)c3cnn(-c4ccc(C(F)(F)F)cn4)c3C)CC2)c(C(N)=O)s1. The second-order valence-electron chi connectivity index (χ2n) is 8.21. The van der Waals surface area contributed by atoms with Crippen LogP contribution in [-0.4, -0.2) is 50.8 Å². The van der Waals surface area contributed by atoms with E-state index in [-0.39, 0.29) is 39.8 Å². The summed E-state index contributed by atoms with van der Waals surface area (Å²) in [4.78, 5) is 32.6. The van der Waals surface area contributed by atoms with E-state index in [1.165, 1.54) is 24.1 Å². The van der Waals surface area contributed by atoms with Gasteiger partial charge in [-0.15, -0.1) is 0 Å². The fraction of sp³-hybridized carbons (Fsp3) is 0.409. The van der Waals surface area contributed by atoms with Gasteiger partial charge in [0.1, 0.15) is 6.10 Å². The minimum absolute atomic E-state index is 0.107. The van der Waals surface area contributed by atoms with Crippen molar-refractivity contribution in [3.63, 3.8) is 0 Å². The van der Waals surface area contributed by atoms with E-state index >= 15 is 0 Å². The number of rotatable bonds is 7. The molecule has 3 aromatic heterocycles. The molecule has 2 amide bonds. The van der Waals surface area contributed by atoms with Gasteiger partial charge in [-0.05, 0) is 44.7 Å². The Labute approximate surface area is 207 Å². The van der Waals surface area contributed by atoms with Crippen LogP contribution in [0.1, 0.15) is 57.0 Å². The van der Waals surface area contributed by atoms with Crippen molar-refractivity contribution in [2.24, 2.45) is 5.73 Å². The molecule has 0 aromatic carbocycles. The molecular weight excluding hydrogens is 501 g/mol. The van der Waals surface area contributed by atoms with Gasteiger partial charge in [-0.1, -0.05) is 11.3 Å². The smallest absolute Gasteiger partial charge is 0.417 e. The number of thiazole rings is 1. The maximum absolute atomic E-state index is 12.9. The summed E-state index contributed by atoms with van der Waals surface area (Å²) in [6.07, 6.45) is -0.0815. The van der Waals surface area contributed by atoms with Crippen molar-refractivity contribution in [3.8, 4) is 16.9 Å². The van der Waals surface area contributed by atoms with Crippen LogP contribution in [0.2, 0.25) is 0 Å². The summed E-state index contributed by atoms with van der Waals surface area (Å²) in [5, 5.41) is 7.37. The number of primary amides is 1. The van der Waals surface area contributed by atoms with Crippen molar-refractivity contribution in [2.75, 3.05) is 7.11 Å². The van der Waals surface area contributed by atoms with Gasteiger partial charge in [0.2, 0.25) is 5.88 Å². The number of nitrogens with two attached hydrogens (primary N) is 1. The minimum atomic E-state index is -4.49. The van der Waals surface area contributed by atoms with E-state index < -0.39 is 17.6 Å². The summed E-state index contributed by atoms with van der Waals surface area (Å²) in [6.45, 7) is 1.64. The van der Waals surface area contributed by atoms with Crippen molar-refractivity contribution >= 4 is 23.2 Å². The van der Waals surface area contributed by atoms with Crippen LogP contribution in [-0.2, 0) is 6.18 Å². The summed E-state index contributed by atoms with van der Waals surface area (Å²) >= 11 is 1.01. The summed E-state index contributed by atoms with van der Waals surface area (Å²) in [5.41, 5.74) is 5.27. The highest BCUT2D eigenvalue weighted by atomic mass is 32.1. The predicted octanol–water partition coefficient (Wildman–Crippen LogP) is 3.28. The molecule has 0 saturated heterocycles. The zero-order valence-electron chi connectivity index (χ0n) is 19.3. The number of nitrogens with zero attached hydrogens (tertiary/aromatic N) is 4. The largest absolute Gasteiger partial charge is 0.473 e. The second kappa shape index (κ2) is 10.1. The van der Waals surface area contributed by atoms with Crippen molar-refractivity contribution in [1.82, 2.24) is 25.1 Å². The molecule has 192 valence electrons. The van der Waals surface area contributed by atoms with Gasteiger partial charge in [0, 0.05) is 12.2 Å². The monoisotopic (exact) mass is 524 g/mol. The van der Waals surface area contributed by atoms with Crippen LogP contribution < -0.4 is 20.5 Å². The first-order valence-electron chi connectivity index (χ1n) is 11.0. The lowest BCUT2D eigenvalue weighted by Crippen LogP contribution is -2.40. The van der Waals surface area contributed by atoms with E-state index in [0.717, 1.165) is 23.6 Å². The number of hydrogen-bond acceptors (Lipinski definition) is 8. The molecule has 36 heavy (non-hydrogen) atoms. The summed E-state index contributed by atoms with van der Waals surface area (Å²) in [6, 6.07) is 2.01. The second-order valence-corrected chi connectivity index (χ2v) is 9.17. The van der Waals surface area contributed by atoms with E-state index in [1.807, 2.05) is 0 Å². The van der Waals surface area contributed by atoms with Gasteiger partial charge in [-0.2, -0.15) is 23.3 Å². The zero-order valence-corrected chi connectivity index (χ0v) is 20.2. The Kier molecular flexibility index (Phi) is 7.15. The number of alkyl halides is 3. The van der Waals surface area contributed by atoms with Crippen LogP contribution in [0.15, 0.2) is 24.5 Å². The average Bonchev–Trinajstić information content (AvgIpc) is 3.43. The van der Waals surface area contributed by atoms with Crippen molar-refractivity contribution < 1.29 is 32.2 Å². The molecule has 0 atom stereocenters. The van der Waals surface area contributed by atoms with Gasteiger partial charge in [0.25, 0.3) is 17.0 Å². The maximum Gasteiger partial charge on any atom is 0.417 e. The van der Waals surface area contributed by atoms with E-state index in [4.69, 9.17) is 15.2 Å². The first-order valence-corrected chi connectivity index (χ1v) is 11.8. The third-order valence-electron chi connectivity index (χ3n) is 5.81. The Balaban J connectivity index is 1.35. The number of hydrogen-bond donors (Lipinski definition) is 2. The molecule has 1 aliphatic carbocycles. The van der Waals surface area contributed by atoms with Crippen molar-refractivity contribution in [3.05, 3.63) is 46.2 Å². The summed E-state index contributed by atoms with van der Waals surface area (Å²) < 4.78 is 50.6. The number of halogens is 3. The zero-order chi connectivity index (χ0) is 26.0. The fourth-order valence-electron chi connectivity index (χ4n) is 3.90. The van der Waals surface area contributed by atoms with E-state index in [2.05, 4.69) is 20.4 Å². The molecule has 10 nitrogen and oxygen atoms in total. The lowest BCUT2D eigenvalue weighted by Gasteiger charge is -2.29. The number of ether oxygens (including phenoxy) is 2. The van der Waals surface area contributed by atoms with Gasteiger partial charge >= 0.3 is 6.18 Å². The molecular formula is C22H23F3N6O4S. The number of aromatic nitrogens is 4. The van der Waals surface area contributed by atoms with E-state index in [1.54, 1.807) is 6.92 Å². The highest BCUT2D eigenvalue weighted by Gasteiger charge is 2.31. The predicted molar refractivity (Wildman–Crippen MR) is 122 cm³/mol. The number of nitrogens with one attached hydrogen (secondary N) is 1. The number of amides is 2. The molecule has 1 saturated carbocycles. The Morgan fingerprint density at radius 3 is 2.50 bits per heavy atom. The van der Waals surface area contributed by atoms with E-state index in [9.17, 15) is 22.8 Å². The summed E-state index contributed by atoms with van der Waals surface area (Å²) in [5.74, 6) is -0.660. The lowest BCUT2D eigenvalue weighted by molar-refractivity contribution is -0.137. The molecule has 3 heterocycles.